The Labute approximate surface area is 117 Å². The Hall–Kier alpha value is -1.74. The van der Waals surface area contributed by atoms with E-state index in [4.69, 9.17) is 0 Å². The molecule has 112 valence electrons. The van der Waals surface area contributed by atoms with Crippen molar-refractivity contribution in [3.8, 4) is 0 Å². The van der Waals surface area contributed by atoms with Gasteiger partial charge in [-0.15, -0.1) is 0 Å². The molecule has 0 saturated carbocycles. The van der Waals surface area contributed by atoms with E-state index < -0.39 is 20.5 Å². The van der Waals surface area contributed by atoms with Gasteiger partial charge in [0, 0.05) is 23.8 Å². The van der Waals surface area contributed by atoms with Crippen LogP contribution < -0.4 is 10.0 Å². The van der Waals surface area contributed by atoms with Gasteiger partial charge < -0.3 is 5.32 Å². The van der Waals surface area contributed by atoms with Crippen LogP contribution in [0.2, 0.25) is 0 Å². The summed E-state index contributed by atoms with van der Waals surface area (Å²) in [5.74, 6) is 0.123. The van der Waals surface area contributed by atoms with Crippen molar-refractivity contribution in [3.63, 3.8) is 0 Å². The SMILES string of the molecule is Cc1ccc([N+](=O)[O-])c(NCC(C)(C)NS(C)(=O)=O)n1. The van der Waals surface area contributed by atoms with Crippen LogP contribution in [0.15, 0.2) is 12.1 Å². The molecule has 0 aromatic carbocycles. The fourth-order valence-electron chi connectivity index (χ4n) is 1.67. The third-order valence-electron chi connectivity index (χ3n) is 2.37. The molecule has 0 aliphatic rings. The van der Waals surface area contributed by atoms with E-state index in [2.05, 4.69) is 15.0 Å². The molecule has 1 aromatic rings. The highest BCUT2D eigenvalue weighted by atomic mass is 32.2. The van der Waals surface area contributed by atoms with E-state index in [-0.39, 0.29) is 18.1 Å². The number of aryl methyl sites for hydroxylation is 1. The number of hydrogen-bond acceptors (Lipinski definition) is 6. The molecular formula is C11H18N4O4S. The zero-order chi connectivity index (χ0) is 15.6. The second-order valence-electron chi connectivity index (χ2n) is 5.19. The maximum absolute atomic E-state index is 11.2. The molecule has 2 N–H and O–H groups in total. The van der Waals surface area contributed by atoms with Gasteiger partial charge in [-0.25, -0.2) is 18.1 Å². The summed E-state index contributed by atoms with van der Waals surface area (Å²) in [6.45, 7) is 5.22. The first-order valence-electron chi connectivity index (χ1n) is 5.85. The second-order valence-corrected chi connectivity index (χ2v) is 6.94. The van der Waals surface area contributed by atoms with Gasteiger partial charge in [0.15, 0.2) is 0 Å². The number of aromatic nitrogens is 1. The number of rotatable bonds is 6. The Morgan fingerprint density at radius 2 is 2.00 bits per heavy atom. The quantitative estimate of drug-likeness (QED) is 0.599. The molecule has 0 radical (unpaired) electrons. The minimum atomic E-state index is -3.37. The highest BCUT2D eigenvalue weighted by Crippen LogP contribution is 2.22. The van der Waals surface area contributed by atoms with E-state index in [9.17, 15) is 18.5 Å². The first kappa shape index (κ1) is 16.3. The number of sulfonamides is 1. The van der Waals surface area contributed by atoms with Crippen molar-refractivity contribution < 1.29 is 13.3 Å². The van der Waals surface area contributed by atoms with Gasteiger partial charge in [-0.2, -0.15) is 0 Å². The van der Waals surface area contributed by atoms with Crippen molar-refractivity contribution in [2.45, 2.75) is 26.3 Å². The molecule has 1 heterocycles. The van der Waals surface area contributed by atoms with Crippen LogP contribution in [-0.2, 0) is 10.0 Å². The zero-order valence-electron chi connectivity index (χ0n) is 11.8. The van der Waals surface area contributed by atoms with Gasteiger partial charge in [0.2, 0.25) is 15.8 Å². The third kappa shape index (κ3) is 5.10. The number of pyridine rings is 1. The third-order valence-corrected chi connectivity index (χ3v) is 3.29. The molecule has 9 heteroatoms. The van der Waals surface area contributed by atoms with Gasteiger partial charge in [-0.1, -0.05) is 0 Å². The van der Waals surface area contributed by atoms with Crippen LogP contribution in [0.5, 0.6) is 0 Å². The Morgan fingerprint density at radius 1 is 1.40 bits per heavy atom. The monoisotopic (exact) mass is 302 g/mol. The first-order valence-corrected chi connectivity index (χ1v) is 7.74. The van der Waals surface area contributed by atoms with Crippen LogP contribution in [0.3, 0.4) is 0 Å². The van der Waals surface area contributed by atoms with Crippen molar-refractivity contribution in [1.29, 1.82) is 0 Å². The number of nitrogens with one attached hydrogen (secondary N) is 2. The van der Waals surface area contributed by atoms with Crippen molar-refractivity contribution in [2.75, 3.05) is 18.1 Å². The molecule has 0 spiro atoms. The summed E-state index contributed by atoms with van der Waals surface area (Å²) < 4.78 is 24.9. The lowest BCUT2D eigenvalue weighted by molar-refractivity contribution is -0.384. The molecular weight excluding hydrogens is 284 g/mol. The topological polar surface area (TPSA) is 114 Å². The van der Waals surface area contributed by atoms with Crippen molar-refractivity contribution in [2.24, 2.45) is 0 Å². The van der Waals surface area contributed by atoms with Gasteiger partial charge in [0.25, 0.3) is 0 Å². The van der Waals surface area contributed by atoms with E-state index in [1.807, 2.05) is 0 Å². The van der Waals surface area contributed by atoms with Crippen LogP contribution in [0.4, 0.5) is 11.5 Å². The fraction of sp³-hybridized carbons (Fsp3) is 0.545. The van der Waals surface area contributed by atoms with Crippen molar-refractivity contribution in [3.05, 3.63) is 27.9 Å². The molecule has 0 unspecified atom stereocenters. The van der Waals surface area contributed by atoms with Crippen molar-refractivity contribution in [1.82, 2.24) is 9.71 Å². The summed E-state index contributed by atoms with van der Waals surface area (Å²) in [5.41, 5.74) is -0.315. The molecule has 0 aliphatic heterocycles. The summed E-state index contributed by atoms with van der Waals surface area (Å²) in [6.07, 6.45) is 1.06. The van der Waals surface area contributed by atoms with Gasteiger partial charge in [-0.05, 0) is 26.8 Å². The van der Waals surface area contributed by atoms with E-state index in [1.54, 1.807) is 26.8 Å². The maximum atomic E-state index is 11.2. The minimum absolute atomic E-state index is 0.123. The maximum Gasteiger partial charge on any atom is 0.311 e. The average molecular weight is 302 g/mol. The van der Waals surface area contributed by atoms with Gasteiger partial charge >= 0.3 is 5.69 Å². The number of anilines is 1. The summed E-state index contributed by atoms with van der Waals surface area (Å²) >= 11 is 0. The normalized spacial score (nSPS) is 12.2. The first-order chi connectivity index (χ1) is 9.00. The van der Waals surface area contributed by atoms with Crippen LogP contribution in [0, 0.1) is 17.0 Å². The molecule has 0 bridgehead atoms. The highest BCUT2D eigenvalue weighted by molar-refractivity contribution is 7.88. The number of hydrogen-bond donors (Lipinski definition) is 2. The summed E-state index contributed by atoms with van der Waals surface area (Å²) in [4.78, 5) is 14.4. The molecule has 0 saturated heterocycles. The minimum Gasteiger partial charge on any atom is -0.362 e. The molecule has 1 aromatic heterocycles. The van der Waals surface area contributed by atoms with E-state index in [0.717, 1.165) is 6.26 Å². The molecule has 0 amide bonds. The van der Waals surface area contributed by atoms with Crippen molar-refractivity contribution >= 4 is 21.5 Å². The van der Waals surface area contributed by atoms with Crippen LogP contribution in [0.1, 0.15) is 19.5 Å². The fourth-order valence-corrected chi connectivity index (χ4v) is 2.75. The van der Waals surface area contributed by atoms with Gasteiger partial charge in [-0.3, -0.25) is 10.1 Å². The van der Waals surface area contributed by atoms with E-state index in [1.165, 1.54) is 6.07 Å². The van der Waals surface area contributed by atoms with Crippen LogP contribution in [-0.4, -0.2) is 36.7 Å². The Balaban J connectivity index is 2.89. The summed E-state index contributed by atoms with van der Waals surface area (Å²) in [7, 11) is -3.37. The van der Waals surface area contributed by atoms with Crippen LogP contribution in [0.25, 0.3) is 0 Å². The predicted molar refractivity (Wildman–Crippen MR) is 76.2 cm³/mol. The molecule has 0 fully saturated rings. The zero-order valence-corrected chi connectivity index (χ0v) is 12.6. The molecule has 8 nitrogen and oxygen atoms in total. The lowest BCUT2D eigenvalue weighted by Crippen LogP contribution is -2.47. The Kier molecular flexibility index (Phi) is 4.66. The van der Waals surface area contributed by atoms with E-state index in [0.29, 0.717) is 5.69 Å². The Morgan fingerprint density at radius 3 is 2.50 bits per heavy atom. The molecule has 20 heavy (non-hydrogen) atoms. The standard InChI is InChI=1S/C11H18N4O4S/c1-8-5-6-9(15(16)17)10(13-8)12-7-11(2,3)14-20(4,18)19/h5-6,14H,7H2,1-4H3,(H,12,13). The largest absolute Gasteiger partial charge is 0.362 e. The lowest BCUT2D eigenvalue weighted by Gasteiger charge is -2.25. The second kappa shape index (κ2) is 5.71. The highest BCUT2D eigenvalue weighted by Gasteiger charge is 2.24. The predicted octanol–water partition coefficient (Wildman–Crippen LogP) is 1.04. The number of nitrogens with zero attached hydrogens (tertiary/aromatic N) is 2. The average Bonchev–Trinajstić information content (AvgIpc) is 2.22. The van der Waals surface area contributed by atoms with Crippen LogP contribution >= 0.6 is 0 Å². The Bertz CT molecular complexity index is 613. The summed E-state index contributed by atoms with van der Waals surface area (Å²) in [5, 5.41) is 13.7. The van der Waals surface area contributed by atoms with E-state index >= 15 is 0 Å². The number of nitro groups is 1. The summed E-state index contributed by atoms with van der Waals surface area (Å²) in [6, 6.07) is 2.91. The van der Waals surface area contributed by atoms with Gasteiger partial charge in [0.1, 0.15) is 0 Å². The molecule has 1 rings (SSSR count). The molecule has 0 atom stereocenters. The smallest absolute Gasteiger partial charge is 0.311 e. The lowest BCUT2D eigenvalue weighted by atomic mass is 10.1. The van der Waals surface area contributed by atoms with Gasteiger partial charge in [0.05, 0.1) is 11.2 Å². The molecule has 0 aliphatic carbocycles.